The van der Waals surface area contributed by atoms with Crippen molar-refractivity contribution in [2.75, 3.05) is 6.54 Å². The molecule has 0 spiro atoms. The molecule has 1 nitrogen and oxygen atoms in total. The van der Waals surface area contributed by atoms with E-state index in [2.05, 4.69) is 45.1 Å². The first-order valence-corrected chi connectivity index (χ1v) is 5.36. The highest BCUT2D eigenvalue weighted by Gasteiger charge is 2.13. The van der Waals surface area contributed by atoms with Gasteiger partial charge in [0, 0.05) is 6.54 Å². The minimum Gasteiger partial charge on any atom is -0.327 e. The van der Waals surface area contributed by atoms with Crippen molar-refractivity contribution in [1.29, 1.82) is 0 Å². The second-order valence-corrected chi connectivity index (χ2v) is 4.34. The Bertz CT molecular complexity index is 267. The van der Waals surface area contributed by atoms with Crippen LogP contribution in [0.4, 0.5) is 0 Å². The Kier molecular flexibility index (Phi) is 4.15. The topological polar surface area (TPSA) is 26.0 Å². The molecule has 1 heteroatoms. The predicted molar refractivity (Wildman–Crippen MR) is 63.0 cm³/mol. The summed E-state index contributed by atoms with van der Waals surface area (Å²) in [6.07, 6.45) is 10.2. The number of hydrogen-bond acceptors (Lipinski definition) is 1. The van der Waals surface area contributed by atoms with E-state index in [1.807, 2.05) is 0 Å². The van der Waals surface area contributed by atoms with Crippen molar-refractivity contribution >= 4 is 0 Å². The SMILES string of the molecule is CC(C)=CC1CC=C(CN)C=CC1C. The largest absolute Gasteiger partial charge is 0.327 e. The van der Waals surface area contributed by atoms with Crippen molar-refractivity contribution in [3.8, 4) is 0 Å². The van der Waals surface area contributed by atoms with E-state index < -0.39 is 0 Å². The first kappa shape index (κ1) is 11.3. The summed E-state index contributed by atoms with van der Waals surface area (Å²) in [5.74, 6) is 1.26. The third-order valence-electron chi connectivity index (χ3n) is 2.72. The van der Waals surface area contributed by atoms with Gasteiger partial charge in [0.25, 0.3) is 0 Å². The van der Waals surface area contributed by atoms with Crippen molar-refractivity contribution in [3.63, 3.8) is 0 Å². The van der Waals surface area contributed by atoms with Crippen LogP contribution >= 0.6 is 0 Å². The standard InChI is InChI=1S/C13H21N/c1-10(2)8-13-7-6-12(9-14)5-4-11(13)3/h4-6,8,11,13H,7,9,14H2,1-3H3. The average molecular weight is 191 g/mol. The van der Waals surface area contributed by atoms with Crippen molar-refractivity contribution in [2.24, 2.45) is 17.6 Å². The lowest BCUT2D eigenvalue weighted by Gasteiger charge is -2.15. The Balaban J connectivity index is 2.77. The summed E-state index contributed by atoms with van der Waals surface area (Å²) in [5.41, 5.74) is 8.30. The van der Waals surface area contributed by atoms with Gasteiger partial charge in [-0.25, -0.2) is 0 Å². The predicted octanol–water partition coefficient (Wildman–Crippen LogP) is 3.05. The van der Waals surface area contributed by atoms with E-state index in [-0.39, 0.29) is 0 Å². The van der Waals surface area contributed by atoms with Crippen LogP contribution in [0.25, 0.3) is 0 Å². The van der Waals surface area contributed by atoms with E-state index in [1.165, 1.54) is 11.1 Å². The van der Waals surface area contributed by atoms with Crippen LogP contribution in [0.2, 0.25) is 0 Å². The van der Waals surface area contributed by atoms with Gasteiger partial charge < -0.3 is 5.73 Å². The summed E-state index contributed by atoms with van der Waals surface area (Å²) in [6, 6.07) is 0. The normalized spacial score (nSPS) is 26.7. The summed E-state index contributed by atoms with van der Waals surface area (Å²) in [4.78, 5) is 0. The van der Waals surface area contributed by atoms with Gasteiger partial charge in [-0.3, -0.25) is 0 Å². The van der Waals surface area contributed by atoms with E-state index in [9.17, 15) is 0 Å². The molecule has 0 aromatic heterocycles. The lowest BCUT2D eigenvalue weighted by Crippen LogP contribution is -2.05. The zero-order valence-electron chi connectivity index (χ0n) is 9.46. The Morgan fingerprint density at radius 3 is 2.86 bits per heavy atom. The molecule has 0 amide bonds. The summed E-state index contributed by atoms with van der Waals surface area (Å²) >= 11 is 0. The van der Waals surface area contributed by atoms with E-state index in [4.69, 9.17) is 5.73 Å². The molecule has 0 aliphatic heterocycles. The van der Waals surface area contributed by atoms with E-state index >= 15 is 0 Å². The van der Waals surface area contributed by atoms with Gasteiger partial charge in [-0.2, -0.15) is 0 Å². The molecule has 14 heavy (non-hydrogen) atoms. The van der Waals surface area contributed by atoms with Crippen LogP contribution in [0.3, 0.4) is 0 Å². The number of allylic oxidation sites excluding steroid dienone is 4. The molecule has 1 aliphatic carbocycles. The summed E-state index contributed by atoms with van der Waals surface area (Å²) < 4.78 is 0. The smallest absolute Gasteiger partial charge is 0.0174 e. The Labute approximate surface area is 87.4 Å². The second kappa shape index (κ2) is 5.16. The van der Waals surface area contributed by atoms with Crippen LogP contribution < -0.4 is 5.73 Å². The molecule has 0 radical (unpaired) electrons. The summed E-state index contributed by atoms with van der Waals surface area (Å²) in [6.45, 7) is 7.25. The number of rotatable bonds is 2. The average Bonchev–Trinajstić information content (AvgIpc) is 2.30. The van der Waals surface area contributed by atoms with Gasteiger partial charge in [0.2, 0.25) is 0 Å². The molecule has 1 rings (SSSR count). The first-order chi connectivity index (χ1) is 6.63. The molecular formula is C13H21N. The van der Waals surface area contributed by atoms with Crippen LogP contribution in [0, 0.1) is 11.8 Å². The van der Waals surface area contributed by atoms with Crippen molar-refractivity contribution < 1.29 is 0 Å². The quantitative estimate of drug-likeness (QED) is 0.667. The third-order valence-corrected chi connectivity index (χ3v) is 2.72. The fourth-order valence-electron chi connectivity index (χ4n) is 1.79. The summed E-state index contributed by atoms with van der Waals surface area (Å²) in [5, 5.41) is 0. The Hall–Kier alpha value is -0.820. The maximum absolute atomic E-state index is 5.63. The molecule has 1 aliphatic rings. The monoisotopic (exact) mass is 191 g/mol. The highest BCUT2D eigenvalue weighted by Crippen LogP contribution is 2.24. The van der Waals surface area contributed by atoms with Crippen LogP contribution in [0.15, 0.2) is 35.5 Å². The van der Waals surface area contributed by atoms with Gasteiger partial charge in [0.05, 0.1) is 0 Å². The van der Waals surface area contributed by atoms with Crippen molar-refractivity contribution in [3.05, 3.63) is 35.5 Å². The molecule has 0 heterocycles. The van der Waals surface area contributed by atoms with E-state index in [1.54, 1.807) is 0 Å². The lowest BCUT2D eigenvalue weighted by atomic mass is 9.90. The van der Waals surface area contributed by atoms with Crippen LogP contribution in [-0.4, -0.2) is 6.54 Å². The van der Waals surface area contributed by atoms with Crippen LogP contribution in [0.5, 0.6) is 0 Å². The maximum Gasteiger partial charge on any atom is 0.0174 e. The van der Waals surface area contributed by atoms with Crippen LogP contribution in [-0.2, 0) is 0 Å². The Morgan fingerprint density at radius 2 is 2.29 bits per heavy atom. The minimum absolute atomic E-state index is 0.616. The number of hydrogen-bond donors (Lipinski definition) is 1. The third kappa shape index (κ3) is 3.15. The zero-order valence-corrected chi connectivity index (χ0v) is 9.46. The van der Waals surface area contributed by atoms with Gasteiger partial charge in [0.1, 0.15) is 0 Å². The molecule has 0 fully saturated rings. The number of nitrogens with two attached hydrogens (primary N) is 1. The molecule has 0 saturated carbocycles. The van der Waals surface area contributed by atoms with Gasteiger partial charge in [0.15, 0.2) is 0 Å². The van der Waals surface area contributed by atoms with Gasteiger partial charge in [-0.05, 0) is 37.7 Å². The molecule has 2 atom stereocenters. The van der Waals surface area contributed by atoms with Crippen molar-refractivity contribution in [2.45, 2.75) is 27.2 Å². The highest BCUT2D eigenvalue weighted by molar-refractivity contribution is 5.24. The van der Waals surface area contributed by atoms with Gasteiger partial charge in [-0.1, -0.05) is 36.8 Å². The molecule has 0 saturated heterocycles. The van der Waals surface area contributed by atoms with Crippen molar-refractivity contribution in [1.82, 2.24) is 0 Å². The maximum atomic E-state index is 5.63. The fourth-order valence-corrected chi connectivity index (χ4v) is 1.79. The molecule has 0 aromatic rings. The van der Waals surface area contributed by atoms with Gasteiger partial charge in [-0.15, -0.1) is 0 Å². The minimum atomic E-state index is 0.616. The Morgan fingerprint density at radius 1 is 1.57 bits per heavy atom. The molecule has 2 N–H and O–H groups in total. The first-order valence-electron chi connectivity index (χ1n) is 5.36. The van der Waals surface area contributed by atoms with Crippen LogP contribution in [0.1, 0.15) is 27.2 Å². The second-order valence-electron chi connectivity index (χ2n) is 4.34. The van der Waals surface area contributed by atoms with Gasteiger partial charge >= 0.3 is 0 Å². The van der Waals surface area contributed by atoms with E-state index in [0.717, 1.165) is 6.42 Å². The molecule has 0 aromatic carbocycles. The molecule has 2 unspecified atom stereocenters. The molecule has 78 valence electrons. The highest BCUT2D eigenvalue weighted by atomic mass is 14.5. The lowest BCUT2D eigenvalue weighted by molar-refractivity contribution is 0.518. The molecule has 0 bridgehead atoms. The molecular weight excluding hydrogens is 170 g/mol. The fraction of sp³-hybridized carbons (Fsp3) is 0.538. The summed E-state index contributed by atoms with van der Waals surface area (Å²) in [7, 11) is 0. The van der Waals surface area contributed by atoms with E-state index in [0.29, 0.717) is 18.4 Å². The zero-order chi connectivity index (χ0) is 10.6.